The lowest BCUT2D eigenvalue weighted by molar-refractivity contribution is -0.137. The molecule has 1 aliphatic carbocycles. The average molecular weight is 262 g/mol. The summed E-state index contributed by atoms with van der Waals surface area (Å²) >= 11 is 0. The molecule has 0 aliphatic heterocycles. The number of carbonyl (C=O) groups is 1. The van der Waals surface area contributed by atoms with Gasteiger partial charge in [0, 0.05) is 6.42 Å². The first kappa shape index (κ1) is 13.9. The summed E-state index contributed by atoms with van der Waals surface area (Å²) in [5.41, 5.74) is 2.91. The maximum Gasteiger partial charge on any atom is 0.303 e. The van der Waals surface area contributed by atoms with Crippen LogP contribution in [0.15, 0.2) is 18.2 Å². The highest BCUT2D eigenvalue weighted by atomic mass is 16.5. The van der Waals surface area contributed by atoms with E-state index in [4.69, 9.17) is 9.84 Å². The molecule has 19 heavy (non-hydrogen) atoms. The van der Waals surface area contributed by atoms with Gasteiger partial charge in [0.2, 0.25) is 0 Å². The Labute approximate surface area is 114 Å². The Morgan fingerprint density at radius 3 is 2.68 bits per heavy atom. The van der Waals surface area contributed by atoms with Crippen LogP contribution in [0.2, 0.25) is 0 Å². The van der Waals surface area contributed by atoms with Gasteiger partial charge in [0.1, 0.15) is 5.75 Å². The molecule has 0 aromatic heterocycles. The second-order valence-electron chi connectivity index (χ2n) is 5.19. The molecule has 0 atom stereocenters. The molecule has 0 saturated heterocycles. The summed E-state index contributed by atoms with van der Waals surface area (Å²) in [5, 5.41) is 8.53. The summed E-state index contributed by atoms with van der Waals surface area (Å²) in [6, 6.07) is 6.42. The van der Waals surface area contributed by atoms with Gasteiger partial charge in [-0.25, -0.2) is 0 Å². The summed E-state index contributed by atoms with van der Waals surface area (Å²) in [6.45, 7) is 0.679. The van der Waals surface area contributed by atoms with E-state index in [0.717, 1.165) is 25.0 Å². The molecule has 1 aliphatic rings. The molecule has 0 radical (unpaired) electrons. The van der Waals surface area contributed by atoms with E-state index < -0.39 is 5.97 Å². The zero-order valence-electron chi connectivity index (χ0n) is 11.4. The minimum atomic E-state index is -0.712. The highest BCUT2D eigenvalue weighted by molar-refractivity contribution is 5.66. The number of aliphatic carboxylic acids is 1. The van der Waals surface area contributed by atoms with Crippen LogP contribution in [0.1, 0.15) is 49.7 Å². The first-order chi connectivity index (χ1) is 9.25. The van der Waals surface area contributed by atoms with Crippen LogP contribution in [0.5, 0.6) is 5.75 Å². The van der Waals surface area contributed by atoms with Gasteiger partial charge in [0.25, 0.3) is 0 Å². The summed E-state index contributed by atoms with van der Waals surface area (Å²) in [6.07, 6.45) is 7.79. The van der Waals surface area contributed by atoms with Crippen LogP contribution in [-0.2, 0) is 17.6 Å². The Balaban J connectivity index is 1.70. The number of fused-ring (bicyclic) bond motifs is 1. The van der Waals surface area contributed by atoms with Crippen molar-refractivity contribution in [2.75, 3.05) is 6.61 Å². The van der Waals surface area contributed by atoms with Crippen LogP contribution < -0.4 is 4.74 Å². The highest BCUT2D eigenvalue weighted by Gasteiger charge is 2.09. The molecular weight excluding hydrogens is 240 g/mol. The number of ether oxygens (including phenoxy) is 1. The van der Waals surface area contributed by atoms with E-state index in [1.165, 1.54) is 36.8 Å². The van der Waals surface area contributed by atoms with Gasteiger partial charge in [-0.05, 0) is 68.2 Å². The molecule has 2 rings (SSSR count). The molecule has 3 nitrogen and oxygen atoms in total. The van der Waals surface area contributed by atoms with Crippen LogP contribution in [0, 0.1) is 0 Å². The standard InChI is InChI=1S/C16H22O3/c17-16(18)8-2-1-5-11-19-15-10-9-13-6-3-4-7-14(13)12-15/h9-10,12H,1-8,11H2,(H,17,18). The lowest BCUT2D eigenvalue weighted by atomic mass is 9.92. The predicted octanol–water partition coefficient (Wildman–Crippen LogP) is 3.59. The Kier molecular flexibility index (Phi) is 5.25. The fraction of sp³-hybridized carbons (Fsp3) is 0.562. The number of unbranched alkanes of at least 4 members (excludes halogenated alkanes) is 2. The Bertz CT molecular complexity index is 426. The molecule has 0 bridgehead atoms. The SMILES string of the molecule is O=C(O)CCCCCOc1ccc2c(c1)CCCC2. The topological polar surface area (TPSA) is 46.5 Å². The van der Waals surface area contributed by atoms with Crippen molar-refractivity contribution in [2.24, 2.45) is 0 Å². The second kappa shape index (κ2) is 7.17. The Morgan fingerprint density at radius 2 is 1.89 bits per heavy atom. The van der Waals surface area contributed by atoms with Crippen molar-refractivity contribution in [1.82, 2.24) is 0 Å². The fourth-order valence-corrected chi connectivity index (χ4v) is 2.54. The van der Waals surface area contributed by atoms with Crippen LogP contribution in [0.25, 0.3) is 0 Å². The van der Waals surface area contributed by atoms with Crippen molar-refractivity contribution in [3.05, 3.63) is 29.3 Å². The quantitative estimate of drug-likeness (QED) is 0.764. The number of rotatable bonds is 7. The van der Waals surface area contributed by atoms with E-state index in [2.05, 4.69) is 18.2 Å². The zero-order valence-corrected chi connectivity index (χ0v) is 11.4. The maximum absolute atomic E-state index is 10.4. The molecule has 0 saturated carbocycles. The van der Waals surface area contributed by atoms with Crippen LogP contribution in [0.3, 0.4) is 0 Å². The van der Waals surface area contributed by atoms with Crippen molar-refractivity contribution in [1.29, 1.82) is 0 Å². The predicted molar refractivity (Wildman–Crippen MR) is 74.7 cm³/mol. The smallest absolute Gasteiger partial charge is 0.303 e. The highest BCUT2D eigenvalue weighted by Crippen LogP contribution is 2.25. The van der Waals surface area contributed by atoms with Crippen molar-refractivity contribution >= 4 is 5.97 Å². The summed E-state index contributed by atoms with van der Waals surface area (Å²) in [4.78, 5) is 10.4. The van der Waals surface area contributed by atoms with E-state index in [1.807, 2.05) is 0 Å². The number of carboxylic acid groups (broad SMARTS) is 1. The van der Waals surface area contributed by atoms with E-state index in [-0.39, 0.29) is 6.42 Å². The van der Waals surface area contributed by atoms with Crippen LogP contribution >= 0.6 is 0 Å². The average Bonchev–Trinajstić information content (AvgIpc) is 2.42. The monoisotopic (exact) mass is 262 g/mol. The molecule has 0 amide bonds. The van der Waals surface area contributed by atoms with Crippen molar-refractivity contribution in [3.63, 3.8) is 0 Å². The molecule has 0 fully saturated rings. The number of benzene rings is 1. The Morgan fingerprint density at radius 1 is 1.11 bits per heavy atom. The third kappa shape index (κ3) is 4.58. The van der Waals surface area contributed by atoms with Crippen molar-refractivity contribution in [2.45, 2.75) is 51.4 Å². The third-order valence-electron chi connectivity index (χ3n) is 3.62. The van der Waals surface area contributed by atoms with Gasteiger partial charge in [-0.3, -0.25) is 4.79 Å². The van der Waals surface area contributed by atoms with Gasteiger partial charge in [0.15, 0.2) is 0 Å². The molecular formula is C16H22O3. The van der Waals surface area contributed by atoms with Gasteiger partial charge in [0.05, 0.1) is 6.61 Å². The van der Waals surface area contributed by atoms with E-state index in [9.17, 15) is 4.79 Å². The summed E-state index contributed by atoms with van der Waals surface area (Å²) in [5.74, 6) is 0.245. The van der Waals surface area contributed by atoms with Gasteiger partial charge in [-0.15, -0.1) is 0 Å². The molecule has 1 aromatic rings. The Hall–Kier alpha value is -1.51. The van der Waals surface area contributed by atoms with Gasteiger partial charge >= 0.3 is 5.97 Å². The van der Waals surface area contributed by atoms with Crippen molar-refractivity contribution < 1.29 is 14.6 Å². The molecule has 0 heterocycles. The number of aryl methyl sites for hydroxylation is 2. The molecule has 1 N–H and O–H groups in total. The first-order valence-corrected chi connectivity index (χ1v) is 7.22. The molecule has 0 spiro atoms. The second-order valence-corrected chi connectivity index (χ2v) is 5.19. The minimum Gasteiger partial charge on any atom is -0.494 e. The molecule has 1 aromatic carbocycles. The fourth-order valence-electron chi connectivity index (χ4n) is 2.54. The van der Waals surface area contributed by atoms with Crippen molar-refractivity contribution in [3.8, 4) is 5.75 Å². The molecule has 0 unspecified atom stereocenters. The van der Waals surface area contributed by atoms with E-state index >= 15 is 0 Å². The van der Waals surface area contributed by atoms with E-state index in [0.29, 0.717) is 6.61 Å². The minimum absolute atomic E-state index is 0.263. The van der Waals surface area contributed by atoms with Crippen LogP contribution in [0.4, 0.5) is 0 Å². The number of hydrogen-bond donors (Lipinski definition) is 1. The third-order valence-corrected chi connectivity index (χ3v) is 3.62. The molecule has 104 valence electrons. The van der Waals surface area contributed by atoms with Crippen LogP contribution in [-0.4, -0.2) is 17.7 Å². The number of carboxylic acids is 1. The summed E-state index contributed by atoms with van der Waals surface area (Å²) in [7, 11) is 0. The van der Waals surface area contributed by atoms with Gasteiger partial charge in [-0.2, -0.15) is 0 Å². The molecule has 3 heteroatoms. The van der Waals surface area contributed by atoms with Gasteiger partial charge in [-0.1, -0.05) is 6.07 Å². The lowest BCUT2D eigenvalue weighted by Crippen LogP contribution is -2.04. The van der Waals surface area contributed by atoms with Gasteiger partial charge < -0.3 is 9.84 Å². The van der Waals surface area contributed by atoms with E-state index in [1.54, 1.807) is 0 Å². The zero-order chi connectivity index (χ0) is 13.5. The summed E-state index contributed by atoms with van der Waals surface area (Å²) < 4.78 is 5.73. The normalized spacial score (nSPS) is 13.9. The largest absolute Gasteiger partial charge is 0.494 e. The first-order valence-electron chi connectivity index (χ1n) is 7.22. The maximum atomic E-state index is 10.4. The lowest BCUT2D eigenvalue weighted by Gasteiger charge is -2.16. The number of hydrogen-bond acceptors (Lipinski definition) is 2.